The molecular weight excluding hydrogens is 222 g/mol. The van der Waals surface area contributed by atoms with Crippen molar-refractivity contribution in [3.05, 3.63) is 29.3 Å². The van der Waals surface area contributed by atoms with Crippen molar-refractivity contribution in [2.24, 2.45) is 11.8 Å². The molecule has 1 fully saturated rings. The molecule has 0 spiro atoms. The predicted molar refractivity (Wildman–Crippen MR) is 72.5 cm³/mol. The fourth-order valence-electron chi connectivity index (χ4n) is 2.60. The first kappa shape index (κ1) is 13.0. The Kier molecular flexibility index (Phi) is 3.91. The van der Waals surface area contributed by atoms with E-state index < -0.39 is 0 Å². The predicted octanol–water partition coefficient (Wildman–Crippen LogP) is 4.01. The zero-order valence-corrected chi connectivity index (χ0v) is 11.4. The summed E-state index contributed by atoms with van der Waals surface area (Å²) in [6.07, 6.45) is 3.16. The van der Waals surface area contributed by atoms with E-state index >= 15 is 0 Å². The van der Waals surface area contributed by atoms with Gasteiger partial charge in [-0.1, -0.05) is 19.1 Å². The van der Waals surface area contributed by atoms with Gasteiger partial charge in [0.05, 0.1) is 12.0 Å². The molecule has 3 unspecified atom stereocenters. The molecule has 0 aliphatic heterocycles. The normalized spacial score (nSPS) is 27.6. The summed E-state index contributed by atoms with van der Waals surface area (Å²) < 4.78 is 6.12. The summed E-state index contributed by atoms with van der Waals surface area (Å²) in [5.74, 6) is 1.64. The van der Waals surface area contributed by atoms with Gasteiger partial charge in [-0.2, -0.15) is 5.26 Å². The molecule has 1 saturated carbocycles. The smallest absolute Gasteiger partial charge is 0.122 e. The monoisotopic (exact) mass is 243 g/mol. The molecule has 3 atom stereocenters. The van der Waals surface area contributed by atoms with E-state index in [1.54, 1.807) is 0 Å². The number of rotatable bonds is 2. The molecule has 2 nitrogen and oxygen atoms in total. The maximum atomic E-state index is 9.22. The van der Waals surface area contributed by atoms with Crippen molar-refractivity contribution in [2.45, 2.75) is 46.1 Å². The second-order valence-electron chi connectivity index (χ2n) is 5.58. The van der Waals surface area contributed by atoms with Crippen LogP contribution in [0.4, 0.5) is 0 Å². The highest BCUT2D eigenvalue weighted by molar-refractivity contribution is 5.36. The van der Waals surface area contributed by atoms with E-state index in [1.807, 2.05) is 0 Å². The van der Waals surface area contributed by atoms with E-state index in [2.05, 4.69) is 45.0 Å². The highest BCUT2D eigenvalue weighted by Gasteiger charge is 2.30. The third-order valence-corrected chi connectivity index (χ3v) is 3.84. The van der Waals surface area contributed by atoms with Crippen LogP contribution in [0.2, 0.25) is 0 Å². The van der Waals surface area contributed by atoms with Crippen LogP contribution < -0.4 is 4.74 Å². The van der Waals surface area contributed by atoms with Gasteiger partial charge < -0.3 is 4.74 Å². The number of hydrogen-bond acceptors (Lipinski definition) is 2. The molecule has 0 heterocycles. The lowest BCUT2D eigenvalue weighted by Gasteiger charge is -2.31. The van der Waals surface area contributed by atoms with Crippen LogP contribution in [0, 0.1) is 37.0 Å². The zero-order chi connectivity index (χ0) is 13.1. The Morgan fingerprint density at radius 3 is 2.78 bits per heavy atom. The van der Waals surface area contributed by atoms with Crippen molar-refractivity contribution >= 4 is 0 Å². The minimum Gasteiger partial charge on any atom is -0.489 e. The molecule has 1 aromatic rings. The van der Waals surface area contributed by atoms with Gasteiger partial charge >= 0.3 is 0 Å². The summed E-state index contributed by atoms with van der Waals surface area (Å²) in [5.41, 5.74) is 2.35. The Balaban J connectivity index is 2.16. The molecule has 2 heteroatoms. The Morgan fingerprint density at radius 1 is 1.28 bits per heavy atom. The molecule has 0 N–H and O–H groups in total. The van der Waals surface area contributed by atoms with Crippen molar-refractivity contribution in [3.8, 4) is 11.8 Å². The fourth-order valence-corrected chi connectivity index (χ4v) is 2.60. The molecule has 0 aromatic heterocycles. The number of ether oxygens (including phenoxy) is 1. The largest absolute Gasteiger partial charge is 0.489 e. The number of aryl methyl sites for hydroxylation is 2. The summed E-state index contributed by atoms with van der Waals surface area (Å²) in [6.45, 7) is 6.37. The Morgan fingerprint density at radius 2 is 2.06 bits per heavy atom. The quantitative estimate of drug-likeness (QED) is 0.786. The number of hydrogen-bond donors (Lipinski definition) is 0. The molecule has 2 rings (SSSR count). The van der Waals surface area contributed by atoms with E-state index in [9.17, 15) is 5.26 Å². The van der Waals surface area contributed by atoms with Crippen molar-refractivity contribution in [3.63, 3.8) is 0 Å². The van der Waals surface area contributed by atoms with E-state index in [1.165, 1.54) is 5.56 Å². The lowest BCUT2D eigenvalue weighted by Crippen LogP contribution is -2.32. The maximum Gasteiger partial charge on any atom is 0.122 e. The Bertz CT molecular complexity index is 461. The van der Waals surface area contributed by atoms with E-state index in [0.717, 1.165) is 30.6 Å². The summed E-state index contributed by atoms with van der Waals surface area (Å²) >= 11 is 0. The zero-order valence-electron chi connectivity index (χ0n) is 11.4. The summed E-state index contributed by atoms with van der Waals surface area (Å²) in [7, 11) is 0. The second-order valence-corrected chi connectivity index (χ2v) is 5.58. The van der Waals surface area contributed by atoms with Crippen molar-refractivity contribution in [1.29, 1.82) is 5.26 Å². The summed E-state index contributed by atoms with van der Waals surface area (Å²) in [5, 5.41) is 9.22. The third kappa shape index (κ3) is 2.85. The van der Waals surface area contributed by atoms with Crippen LogP contribution in [-0.2, 0) is 0 Å². The highest BCUT2D eigenvalue weighted by atomic mass is 16.5. The van der Waals surface area contributed by atoms with Crippen molar-refractivity contribution in [2.75, 3.05) is 0 Å². The van der Waals surface area contributed by atoms with Gasteiger partial charge in [-0.3, -0.25) is 0 Å². The van der Waals surface area contributed by atoms with Gasteiger partial charge in [-0.05, 0) is 56.2 Å². The lowest BCUT2D eigenvalue weighted by molar-refractivity contribution is 0.0949. The van der Waals surface area contributed by atoms with E-state index in [0.29, 0.717) is 5.92 Å². The van der Waals surface area contributed by atoms with Gasteiger partial charge in [0.25, 0.3) is 0 Å². The lowest BCUT2D eigenvalue weighted by atomic mass is 9.81. The van der Waals surface area contributed by atoms with Crippen LogP contribution in [-0.4, -0.2) is 6.10 Å². The Labute approximate surface area is 110 Å². The van der Waals surface area contributed by atoms with Crippen LogP contribution in [0.1, 0.15) is 37.3 Å². The van der Waals surface area contributed by atoms with Crippen LogP contribution >= 0.6 is 0 Å². The van der Waals surface area contributed by atoms with Gasteiger partial charge in [0.1, 0.15) is 11.9 Å². The number of benzene rings is 1. The molecule has 96 valence electrons. The SMILES string of the molecule is Cc1ccc(C)c(OC2CC(C)CCC2C#N)c1. The van der Waals surface area contributed by atoms with Gasteiger partial charge in [0.2, 0.25) is 0 Å². The molecule has 0 radical (unpaired) electrons. The molecule has 1 aliphatic rings. The second kappa shape index (κ2) is 5.44. The molecule has 0 bridgehead atoms. The first-order valence-electron chi connectivity index (χ1n) is 6.73. The van der Waals surface area contributed by atoms with E-state index in [-0.39, 0.29) is 12.0 Å². The van der Waals surface area contributed by atoms with Crippen molar-refractivity contribution in [1.82, 2.24) is 0 Å². The van der Waals surface area contributed by atoms with Crippen LogP contribution in [0.3, 0.4) is 0 Å². The average molecular weight is 243 g/mol. The molecule has 18 heavy (non-hydrogen) atoms. The topological polar surface area (TPSA) is 33.0 Å². The summed E-state index contributed by atoms with van der Waals surface area (Å²) in [4.78, 5) is 0. The Hall–Kier alpha value is -1.49. The van der Waals surface area contributed by atoms with Crippen LogP contribution in [0.5, 0.6) is 5.75 Å². The van der Waals surface area contributed by atoms with Gasteiger partial charge in [-0.25, -0.2) is 0 Å². The minimum atomic E-state index is 0.0427. The maximum absolute atomic E-state index is 9.22. The van der Waals surface area contributed by atoms with Gasteiger partial charge in [0.15, 0.2) is 0 Å². The van der Waals surface area contributed by atoms with Gasteiger partial charge in [-0.15, -0.1) is 0 Å². The van der Waals surface area contributed by atoms with Crippen LogP contribution in [0.15, 0.2) is 18.2 Å². The van der Waals surface area contributed by atoms with Gasteiger partial charge in [0, 0.05) is 0 Å². The van der Waals surface area contributed by atoms with Crippen LogP contribution in [0.25, 0.3) is 0 Å². The molecular formula is C16H21NO. The number of nitrogens with zero attached hydrogens (tertiary/aromatic N) is 1. The third-order valence-electron chi connectivity index (χ3n) is 3.84. The minimum absolute atomic E-state index is 0.0427. The fraction of sp³-hybridized carbons (Fsp3) is 0.562. The first-order valence-corrected chi connectivity index (χ1v) is 6.73. The standard InChI is InChI=1S/C16H21NO/c1-11-4-6-13(3)15(8-11)18-16-9-12(2)5-7-14(16)10-17/h4,6,8,12,14,16H,5,7,9H2,1-3H3. The highest BCUT2D eigenvalue weighted by Crippen LogP contribution is 2.32. The average Bonchev–Trinajstić information content (AvgIpc) is 2.34. The van der Waals surface area contributed by atoms with Crippen molar-refractivity contribution < 1.29 is 4.74 Å². The molecule has 1 aliphatic carbocycles. The van der Waals surface area contributed by atoms with E-state index in [4.69, 9.17) is 4.74 Å². The number of nitriles is 1. The molecule has 0 amide bonds. The molecule has 0 saturated heterocycles. The summed E-state index contributed by atoms with van der Waals surface area (Å²) in [6, 6.07) is 8.65. The first-order chi connectivity index (χ1) is 8.60. The molecule has 1 aromatic carbocycles.